The maximum absolute atomic E-state index is 11.0. The van der Waals surface area contributed by atoms with Crippen molar-refractivity contribution < 1.29 is 19.6 Å². The lowest BCUT2D eigenvalue weighted by atomic mass is 9.79. The number of ether oxygens (including phenoxy) is 1. The maximum Gasteiger partial charge on any atom is 0.492 e. The van der Waals surface area contributed by atoms with Gasteiger partial charge in [-0.1, -0.05) is 18.2 Å². The van der Waals surface area contributed by atoms with Gasteiger partial charge in [0.2, 0.25) is 5.91 Å². The fourth-order valence-corrected chi connectivity index (χ4v) is 1.37. The standard InChI is InChI=1S/C11H16BNO4/c1-13-11(14)7-4-8-17-10-6-3-2-5-9(10)12(15)16/h2-3,5-6,15-16H,4,7-8H2,1H3,(H,13,14). The van der Waals surface area contributed by atoms with Crippen LogP contribution in [0.4, 0.5) is 0 Å². The third-order valence-corrected chi connectivity index (χ3v) is 2.28. The Bertz CT molecular complexity index is 370. The molecule has 0 aliphatic carbocycles. The highest BCUT2D eigenvalue weighted by atomic mass is 16.5. The molecule has 92 valence electrons. The second-order valence-corrected chi connectivity index (χ2v) is 3.54. The summed E-state index contributed by atoms with van der Waals surface area (Å²) in [7, 11) is 0.0331. The van der Waals surface area contributed by atoms with Gasteiger partial charge in [0.25, 0.3) is 0 Å². The van der Waals surface area contributed by atoms with Crippen LogP contribution in [-0.4, -0.2) is 36.7 Å². The van der Waals surface area contributed by atoms with Crippen molar-refractivity contribution in [3.8, 4) is 5.75 Å². The van der Waals surface area contributed by atoms with Gasteiger partial charge in [-0.2, -0.15) is 0 Å². The molecular formula is C11H16BNO4. The lowest BCUT2D eigenvalue weighted by Gasteiger charge is -2.10. The summed E-state index contributed by atoms with van der Waals surface area (Å²) >= 11 is 0. The van der Waals surface area contributed by atoms with Crippen molar-refractivity contribution in [1.29, 1.82) is 0 Å². The predicted octanol–water partition coefficient (Wildman–Crippen LogP) is -0.729. The molecule has 0 aromatic heterocycles. The Morgan fingerprint density at radius 1 is 1.41 bits per heavy atom. The van der Waals surface area contributed by atoms with Gasteiger partial charge in [0.1, 0.15) is 5.75 Å². The lowest BCUT2D eigenvalue weighted by Crippen LogP contribution is -2.31. The van der Waals surface area contributed by atoms with Gasteiger partial charge in [0.15, 0.2) is 0 Å². The molecule has 1 aromatic rings. The molecule has 0 saturated heterocycles. The Balaban J connectivity index is 2.44. The van der Waals surface area contributed by atoms with Gasteiger partial charge < -0.3 is 20.1 Å². The minimum atomic E-state index is -1.55. The molecule has 3 N–H and O–H groups in total. The Hall–Kier alpha value is -1.53. The fraction of sp³-hybridized carbons (Fsp3) is 0.364. The number of carbonyl (C=O) groups is 1. The van der Waals surface area contributed by atoms with E-state index in [4.69, 9.17) is 14.8 Å². The molecule has 1 aromatic carbocycles. The van der Waals surface area contributed by atoms with E-state index in [1.165, 1.54) is 0 Å². The number of benzene rings is 1. The molecule has 0 fully saturated rings. The van der Waals surface area contributed by atoms with Gasteiger partial charge in [-0.3, -0.25) is 4.79 Å². The number of hydrogen-bond acceptors (Lipinski definition) is 4. The summed E-state index contributed by atoms with van der Waals surface area (Å²) in [6.45, 7) is 0.358. The van der Waals surface area contributed by atoms with Crippen molar-refractivity contribution in [1.82, 2.24) is 5.32 Å². The lowest BCUT2D eigenvalue weighted by molar-refractivity contribution is -0.120. The molecule has 5 nitrogen and oxygen atoms in total. The summed E-state index contributed by atoms with van der Waals surface area (Å²) < 4.78 is 5.39. The minimum absolute atomic E-state index is 0.0379. The zero-order chi connectivity index (χ0) is 12.7. The fourth-order valence-electron chi connectivity index (χ4n) is 1.37. The summed E-state index contributed by atoms with van der Waals surface area (Å²) in [6, 6.07) is 6.69. The number of amides is 1. The second-order valence-electron chi connectivity index (χ2n) is 3.54. The van der Waals surface area contributed by atoms with Crippen LogP contribution in [0.3, 0.4) is 0 Å². The highest BCUT2D eigenvalue weighted by Gasteiger charge is 2.16. The first-order valence-corrected chi connectivity index (χ1v) is 5.43. The van der Waals surface area contributed by atoms with Gasteiger partial charge in [0.05, 0.1) is 6.61 Å². The van der Waals surface area contributed by atoms with Gasteiger partial charge >= 0.3 is 7.12 Å². The maximum atomic E-state index is 11.0. The molecule has 1 rings (SSSR count). The van der Waals surface area contributed by atoms with Gasteiger partial charge in [-0.15, -0.1) is 0 Å². The quantitative estimate of drug-likeness (QED) is 0.450. The van der Waals surface area contributed by atoms with Crippen LogP contribution < -0.4 is 15.5 Å². The predicted molar refractivity (Wildman–Crippen MR) is 65.1 cm³/mol. The first-order valence-electron chi connectivity index (χ1n) is 5.43. The van der Waals surface area contributed by atoms with E-state index >= 15 is 0 Å². The van der Waals surface area contributed by atoms with Crippen LogP contribution in [0.5, 0.6) is 5.75 Å². The average Bonchev–Trinajstić information content (AvgIpc) is 2.34. The van der Waals surface area contributed by atoms with Crippen molar-refractivity contribution >= 4 is 18.5 Å². The van der Waals surface area contributed by atoms with Gasteiger partial charge in [0, 0.05) is 18.9 Å². The van der Waals surface area contributed by atoms with Crippen molar-refractivity contribution in [2.24, 2.45) is 0 Å². The molecule has 6 heteroatoms. The van der Waals surface area contributed by atoms with Crippen molar-refractivity contribution in [2.45, 2.75) is 12.8 Å². The molecular weight excluding hydrogens is 221 g/mol. The summed E-state index contributed by atoms with van der Waals surface area (Å²) in [4.78, 5) is 11.0. The molecule has 0 atom stereocenters. The molecule has 0 aliphatic heterocycles. The monoisotopic (exact) mass is 237 g/mol. The van der Waals surface area contributed by atoms with Crippen molar-refractivity contribution in [3.63, 3.8) is 0 Å². The molecule has 0 saturated carbocycles. The Kier molecular flexibility index (Phi) is 5.52. The summed E-state index contributed by atoms with van der Waals surface area (Å²) in [5, 5.41) is 20.7. The van der Waals surface area contributed by atoms with Crippen molar-refractivity contribution in [3.05, 3.63) is 24.3 Å². The van der Waals surface area contributed by atoms with E-state index in [1.807, 2.05) is 0 Å². The van der Waals surface area contributed by atoms with Crippen LogP contribution in [0, 0.1) is 0 Å². The molecule has 1 amide bonds. The SMILES string of the molecule is CNC(=O)CCCOc1ccccc1B(O)O. The molecule has 0 spiro atoms. The number of para-hydroxylation sites is 1. The summed E-state index contributed by atoms with van der Waals surface area (Å²) in [6.07, 6.45) is 0.968. The van der Waals surface area contributed by atoms with Crippen LogP contribution in [0.15, 0.2) is 24.3 Å². The molecule has 0 bridgehead atoms. The Labute approximate surface area is 101 Å². The third-order valence-electron chi connectivity index (χ3n) is 2.28. The minimum Gasteiger partial charge on any atom is -0.494 e. The molecule has 0 aliphatic rings. The second kappa shape index (κ2) is 6.93. The number of carbonyl (C=O) groups excluding carboxylic acids is 1. The Morgan fingerprint density at radius 2 is 2.12 bits per heavy atom. The molecule has 0 heterocycles. The number of nitrogens with one attached hydrogen (secondary N) is 1. The third kappa shape index (κ3) is 4.46. The molecule has 0 radical (unpaired) electrons. The zero-order valence-corrected chi connectivity index (χ0v) is 9.72. The van der Waals surface area contributed by atoms with E-state index in [2.05, 4.69) is 5.32 Å². The highest BCUT2D eigenvalue weighted by molar-refractivity contribution is 6.59. The largest absolute Gasteiger partial charge is 0.494 e. The van der Waals surface area contributed by atoms with Gasteiger partial charge in [-0.05, 0) is 12.5 Å². The van der Waals surface area contributed by atoms with Crippen LogP contribution in [-0.2, 0) is 4.79 Å². The van der Waals surface area contributed by atoms with Gasteiger partial charge in [-0.25, -0.2) is 0 Å². The molecule has 17 heavy (non-hydrogen) atoms. The van der Waals surface area contributed by atoms with E-state index in [1.54, 1.807) is 31.3 Å². The van der Waals surface area contributed by atoms with E-state index in [9.17, 15) is 4.79 Å². The summed E-state index contributed by atoms with van der Waals surface area (Å²) in [5.74, 6) is 0.392. The summed E-state index contributed by atoms with van der Waals surface area (Å²) in [5.41, 5.74) is 0.326. The first kappa shape index (κ1) is 13.5. The zero-order valence-electron chi connectivity index (χ0n) is 9.72. The smallest absolute Gasteiger partial charge is 0.492 e. The average molecular weight is 237 g/mol. The van der Waals surface area contributed by atoms with E-state index < -0.39 is 7.12 Å². The topological polar surface area (TPSA) is 78.8 Å². The number of rotatable bonds is 6. The first-order chi connectivity index (χ1) is 8.15. The van der Waals surface area contributed by atoms with Crippen LogP contribution in [0.25, 0.3) is 0 Å². The van der Waals surface area contributed by atoms with Crippen LogP contribution >= 0.6 is 0 Å². The van der Waals surface area contributed by atoms with E-state index in [0.29, 0.717) is 30.7 Å². The van der Waals surface area contributed by atoms with Crippen molar-refractivity contribution in [2.75, 3.05) is 13.7 Å². The van der Waals surface area contributed by atoms with E-state index in [-0.39, 0.29) is 5.91 Å². The molecule has 0 unspecified atom stereocenters. The van der Waals surface area contributed by atoms with Crippen LogP contribution in [0.1, 0.15) is 12.8 Å². The van der Waals surface area contributed by atoms with E-state index in [0.717, 1.165) is 0 Å². The normalized spacial score (nSPS) is 9.82. The number of hydrogen-bond donors (Lipinski definition) is 3. The van der Waals surface area contributed by atoms with Crippen LogP contribution in [0.2, 0.25) is 0 Å². The Morgan fingerprint density at radius 3 is 2.76 bits per heavy atom. The highest BCUT2D eigenvalue weighted by Crippen LogP contribution is 2.07.